The van der Waals surface area contributed by atoms with E-state index in [9.17, 15) is 9.90 Å². The topological polar surface area (TPSA) is 121 Å². The number of nitrogens with two attached hydrogens (primary N) is 1. The molecule has 3 aromatic rings. The van der Waals surface area contributed by atoms with E-state index in [0.29, 0.717) is 26.0 Å². The van der Waals surface area contributed by atoms with Crippen LogP contribution in [0.15, 0.2) is 30.7 Å². The Morgan fingerprint density at radius 1 is 1.33 bits per heavy atom. The number of hydrogen-bond acceptors (Lipinski definition) is 6. The Bertz CT molecular complexity index is 1050. The van der Waals surface area contributed by atoms with E-state index in [0.717, 1.165) is 34.2 Å². The molecule has 1 aromatic carbocycles. The number of aliphatic hydroxyl groups is 1. The average Bonchev–Trinajstić information content (AvgIpc) is 3.32. The van der Waals surface area contributed by atoms with E-state index >= 15 is 0 Å². The van der Waals surface area contributed by atoms with Gasteiger partial charge in [-0.15, -0.1) is 0 Å². The first-order valence-electron chi connectivity index (χ1n) is 10.1. The summed E-state index contributed by atoms with van der Waals surface area (Å²) in [5, 5.41) is 13.5. The summed E-state index contributed by atoms with van der Waals surface area (Å²) < 4.78 is 9.89. The maximum absolute atomic E-state index is 11.6. The summed E-state index contributed by atoms with van der Waals surface area (Å²) in [6, 6.07) is 6.03. The molecule has 0 unspecified atom stereocenters. The van der Waals surface area contributed by atoms with Crippen LogP contribution in [0.1, 0.15) is 31.9 Å². The molecule has 2 aromatic heterocycles. The molecule has 0 saturated heterocycles. The lowest BCUT2D eigenvalue weighted by Gasteiger charge is -2.14. The van der Waals surface area contributed by atoms with Crippen LogP contribution in [0, 0.1) is 5.92 Å². The first kappa shape index (κ1) is 20.1. The van der Waals surface area contributed by atoms with E-state index in [1.54, 1.807) is 6.33 Å². The number of aromatic nitrogens is 5. The molecule has 9 heteroatoms. The van der Waals surface area contributed by atoms with Crippen molar-refractivity contribution in [1.29, 1.82) is 0 Å². The minimum atomic E-state index is -0.408. The van der Waals surface area contributed by atoms with Crippen molar-refractivity contribution in [3.05, 3.63) is 36.3 Å². The number of ether oxygens (including phenoxy) is 1. The maximum Gasteiger partial charge on any atom is 0.220 e. The molecular weight excluding hydrogens is 384 g/mol. The lowest BCUT2D eigenvalue weighted by atomic mass is 9.95. The van der Waals surface area contributed by atoms with Gasteiger partial charge in [0, 0.05) is 24.8 Å². The van der Waals surface area contributed by atoms with Crippen LogP contribution in [0.4, 0.5) is 0 Å². The Balaban J connectivity index is 1.68. The number of carbonyl (C=O) groups is 1. The number of aliphatic hydroxyl groups excluding tert-OH is 1. The van der Waals surface area contributed by atoms with Gasteiger partial charge in [-0.05, 0) is 44.4 Å². The van der Waals surface area contributed by atoms with Crippen molar-refractivity contribution in [3.63, 3.8) is 0 Å². The Kier molecular flexibility index (Phi) is 5.54. The third-order valence-corrected chi connectivity index (χ3v) is 5.31. The highest BCUT2D eigenvalue weighted by molar-refractivity contribution is 5.77. The van der Waals surface area contributed by atoms with Crippen LogP contribution < -0.4 is 10.5 Å². The smallest absolute Gasteiger partial charge is 0.220 e. The molecule has 3 N–H and O–H groups in total. The van der Waals surface area contributed by atoms with E-state index < -0.39 is 11.8 Å². The first-order chi connectivity index (χ1) is 14.5. The van der Waals surface area contributed by atoms with Gasteiger partial charge in [-0.3, -0.25) is 4.79 Å². The zero-order valence-corrected chi connectivity index (χ0v) is 17.2. The Labute approximate surface area is 174 Å². The fourth-order valence-corrected chi connectivity index (χ4v) is 3.76. The third-order valence-electron chi connectivity index (χ3n) is 5.31. The summed E-state index contributed by atoms with van der Waals surface area (Å²) in [6.07, 6.45) is 4.33. The summed E-state index contributed by atoms with van der Waals surface area (Å²) >= 11 is 0. The number of nitrogens with zero attached hydrogens (tertiary/aromatic N) is 5. The molecule has 0 spiro atoms. The molecule has 1 aliphatic heterocycles. The van der Waals surface area contributed by atoms with E-state index in [1.807, 2.05) is 29.1 Å². The Morgan fingerprint density at radius 2 is 2.17 bits per heavy atom. The normalized spacial score (nSPS) is 14.0. The second-order valence-electron chi connectivity index (χ2n) is 7.76. The van der Waals surface area contributed by atoms with Crippen LogP contribution >= 0.6 is 0 Å². The van der Waals surface area contributed by atoms with Gasteiger partial charge in [0.1, 0.15) is 30.2 Å². The quantitative estimate of drug-likeness (QED) is 0.613. The molecule has 0 aliphatic carbocycles. The molecule has 0 saturated carbocycles. The average molecular weight is 410 g/mol. The maximum atomic E-state index is 11.6. The van der Waals surface area contributed by atoms with Crippen LogP contribution in [0.2, 0.25) is 0 Å². The zero-order chi connectivity index (χ0) is 21.3. The second kappa shape index (κ2) is 8.27. The minimum absolute atomic E-state index is 0.0732. The fraction of sp³-hybridized carbons (Fsp3) is 0.429. The number of fused-ring (bicyclic) bond motifs is 3. The van der Waals surface area contributed by atoms with Gasteiger partial charge in [-0.25, -0.2) is 14.6 Å². The van der Waals surface area contributed by atoms with Gasteiger partial charge in [0.15, 0.2) is 5.82 Å². The van der Waals surface area contributed by atoms with Crippen LogP contribution in [0.5, 0.6) is 5.75 Å². The van der Waals surface area contributed by atoms with Gasteiger partial charge in [-0.1, -0.05) is 6.07 Å². The molecule has 1 atom stereocenters. The number of amides is 1. The second-order valence-corrected chi connectivity index (χ2v) is 7.76. The molecule has 0 radical (unpaired) electrons. The molecule has 9 nitrogen and oxygen atoms in total. The molecule has 4 rings (SSSR count). The molecular formula is C21H26N6O3. The van der Waals surface area contributed by atoms with Gasteiger partial charge in [-0.2, -0.15) is 5.10 Å². The standard InChI is InChI=1S/C21H26N6O3/c1-13(2)27-21(23-12-24-27)17-11-26-6-8-30-18-10-14(3-4-16(18)20(26)25-17)9-15(5-7-28)19(22)29/h3-4,10-13,15,28H,5-9H2,1-2H3,(H2,22,29)/t15-/m1/s1. The molecule has 1 aliphatic rings. The summed E-state index contributed by atoms with van der Waals surface area (Å²) in [4.78, 5) is 20.9. The van der Waals surface area contributed by atoms with Gasteiger partial charge in [0.2, 0.25) is 5.91 Å². The summed E-state index contributed by atoms with van der Waals surface area (Å²) in [7, 11) is 0. The lowest BCUT2D eigenvalue weighted by Crippen LogP contribution is -2.26. The van der Waals surface area contributed by atoms with E-state index in [2.05, 4.69) is 28.5 Å². The third kappa shape index (κ3) is 3.80. The van der Waals surface area contributed by atoms with Gasteiger partial charge < -0.3 is 20.1 Å². The largest absolute Gasteiger partial charge is 0.491 e. The van der Waals surface area contributed by atoms with Crippen LogP contribution in [0.25, 0.3) is 22.9 Å². The van der Waals surface area contributed by atoms with Crippen molar-refractivity contribution in [1.82, 2.24) is 24.3 Å². The van der Waals surface area contributed by atoms with Crippen LogP contribution in [-0.4, -0.2) is 48.5 Å². The first-order valence-corrected chi connectivity index (χ1v) is 10.1. The van der Waals surface area contributed by atoms with Gasteiger partial charge in [0.05, 0.1) is 12.1 Å². The Morgan fingerprint density at radius 3 is 2.90 bits per heavy atom. The summed E-state index contributed by atoms with van der Waals surface area (Å²) in [5.41, 5.74) is 8.06. The van der Waals surface area contributed by atoms with Crippen molar-refractivity contribution in [2.45, 2.75) is 39.3 Å². The predicted molar refractivity (Wildman–Crippen MR) is 111 cm³/mol. The van der Waals surface area contributed by atoms with Gasteiger partial charge in [0.25, 0.3) is 0 Å². The van der Waals surface area contributed by atoms with Crippen molar-refractivity contribution >= 4 is 5.91 Å². The van der Waals surface area contributed by atoms with Crippen molar-refractivity contribution < 1.29 is 14.6 Å². The number of carbonyl (C=O) groups excluding carboxylic acids is 1. The minimum Gasteiger partial charge on any atom is -0.491 e. The van der Waals surface area contributed by atoms with Gasteiger partial charge >= 0.3 is 0 Å². The number of hydrogen-bond donors (Lipinski definition) is 2. The van der Waals surface area contributed by atoms with E-state index in [4.69, 9.17) is 15.5 Å². The lowest BCUT2D eigenvalue weighted by molar-refractivity contribution is -0.122. The molecule has 30 heavy (non-hydrogen) atoms. The predicted octanol–water partition coefficient (Wildman–Crippen LogP) is 1.81. The molecule has 0 bridgehead atoms. The highest BCUT2D eigenvalue weighted by atomic mass is 16.5. The molecule has 158 valence electrons. The van der Waals surface area contributed by atoms with Crippen LogP contribution in [-0.2, 0) is 17.8 Å². The van der Waals surface area contributed by atoms with Crippen molar-refractivity contribution in [3.8, 4) is 28.7 Å². The van der Waals surface area contributed by atoms with Crippen LogP contribution in [0.3, 0.4) is 0 Å². The fourth-order valence-electron chi connectivity index (χ4n) is 3.76. The zero-order valence-electron chi connectivity index (χ0n) is 17.2. The summed E-state index contributed by atoms with van der Waals surface area (Å²) in [6.45, 7) is 5.21. The molecule has 1 amide bonds. The monoisotopic (exact) mass is 410 g/mol. The number of imidazole rings is 1. The highest BCUT2D eigenvalue weighted by Gasteiger charge is 2.23. The Hall–Kier alpha value is -3.20. The van der Waals surface area contributed by atoms with E-state index in [1.165, 1.54) is 0 Å². The number of primary amides is 1. The number of benzene rings is 1. The highest BCUT2D eigenvalue weighted by Crippen LogP contribution is 2.35. The summed E-state index contributed by atoms with van der Waals surface area (Å²) in [5.74, 6) is 1.45. The van der Waals surface area contributed by atoms with Crippen molar-refractivity contribution in [2.75, 3.05) is 13.2 Å². The van der Waals surface area contributed by atoms with E-state index in [-0.39, 0.29) is 12.6 Å². The number of rotatable bonds is 7. The molecule has 0 fully saturated rings. The van der Waals surface area contributed by atoms with Crippen molar-refractivity contribution in [2.24, 2.45) is 11.7 Å². The molecule has 3 heterocycles. The SMILES string of the molecule is CC(C)n1ncnc1-c1cn2c(n1)-c1ccc(C[C@@H](CCO)C(N)=O)cc1OCC2.